The lowest BCUT2D eigenvalue weighted by atomic mass is 10.0. The van der Waals surface area contributed by atoms with Gasteiger partial charge in [0.1, 0.15) is 5.82 Å². The van der Waals surface area contributed by atoms with Crippen molar-refractivity contribution in [2.45, 2.75) is 25.8 Å². The molecule has 2 N–H and O–H groups in total. The van der Waals surface area contributed by atoms with E-state index in [1.54, 1.807) is 11.3 Å². The third kappa shape index (κ3) is 2.37. The molecule has 0 saturated heterocycles. The van der Waals surface area contributed by atoms with Gasteiger partial charge >= 0.3 is 0 Å². The fraction of sp³-hybridized carbons (Fsp3) is 0.312. The third-order valence-corrected chi connectivity index (χ3v) is 4.58. The number of benzene rings is 1. The first-order valence-corrected chi connectivity index (χ1v) is 7.89. The van der Waals surface area contributed by atoms with Crippen LogP contribution in [-0.4, -0.2) is 16.1 Å². The van der Waals surface area contributed by atoms with Crippen molar-refractivity contribution < 1.29 is 0 Å². The average Bonchev–Trinajstić information content (AvgIpc) is 3.11. The van der Waals surface area contributed by atoms with Crippen LogP contribution in [0.4, 0.5) is 0 Å². The Kier molecular flexibility index (Phi) is 3.85. The normalized spacial score (nSPS) is 12.9. The summed E-state index contributed by atoms with van der Waals surface area (Å²) in [5, 5.41) is 2.12. The van der Waals surface area contributed by atoms with Crippen LogP contribution in [-0.2, 0) is 13.0 Å². The number of rotatable bonds is 5. The Morgan fingerprint density at radius 2 is 2.10 bits per heavy atom. The van der Waals surface area contributed by atoms with Crippen molar-refractivity contribution in [2.75, 3.05) is 6.54 Å². The molecule has 0 saturated carbocycles. The lowest BCUT2D eigenvalue weighted by molar-refractivity contribution is 0.601. The fourth-order valence-electron chi connectivity index (χ4n) is 2.69. The van der Waals surface area contributed by atoms with E-state index < -0.39 is 0 Å². The van der Waals surface area contributed by atoms with Crippen LogP contribution in [0.2, 0.25) is 0 Å². The second kappa shape index (κ2) is 5.77. The van der Waals surface area contributed by atoms with Crippen molar-refractivity contribution in [1.29, 1.82) is 0 Å². The summed E-state index contributed by atoms with van der Waals surface area (Å²) >= 11 is 1.79. The Balaban J connectivity index is 2.02. The number of hydrogen-bond donors (Lipinski definition) is 1. The average molecular weight is 285 g/mol. The number of hydrogen-bond acceptors (Lipinski definition) is 3. The van der Waals surface area contributed by atoms with Gasteiger partial charge in [-0.1, -0.05) is 18.2 Å². The summed E-state index contributed by atoms with van der Waals surface area (Å²) in [5.41, 5.74) is 8.29. The Morgan fingerprint density at radius 1 is 1.25 bits per heavy atom. The van der Waals surface area contributed by atoms with Crippen molar-refractivity contribution in [3.05, 3.63) is 52.5 Å². The Bertz CT molecular complexity index is 685. The molecule has 3 rings (SSSR count). The molecule has 2 heterocycles. The first-order valence-electron chi connectivity index (χ1n) is 7.01. The molecule has 0 bridgehead atoms. The molecule has 0 amide bonds. The van der Waals surface area contributed by atoms with E-state index in [4.69, 9.17) is 10.7 Å². The molecular formula is C16H19N3S. The topological polar surface area (TPSA) is 43.8 Å². The van der Waals surface area contributed by atoms with Gasteiger partial charge in [-0.25, -0.2) is 4.98 Å². The zero-order chi connectivity index (χ0) is 13.9. The number of nitrogens with zero attached hydrogens (tertiary/aromatic N) is 2. The summed E-state index contributed by atoms with van der Waals surface area (Å²) in [7, 11) is 0. The second-order valence-electron chi connectivity index (χ2n) is 4.92. The molecule has 1 unspecified atom stereocenters. The second-order valence-corrected chi connectivity index (χ2v) is 5.95. The number of imidazole rings is 1. The van der Waals surface area contributed by atoms with Crippen LogP contribution < -0.4 is 5.73 Å². The highest BCUT2D eigenvalue weighted by molar-refractivity contribution is 7.09. The number of fused-ring (bicyclic) bond motifs is 1. The Hall–Kier alpha value is -1.65. The molecule has 2 aromatic heterocycles. The minimum absolute atomic E-state index is 0.279. The number of thiophene rings is 1. The van der Waals surface area contributed by atoms with Crippen LogP contribution in [0.25, 0.3) is 11.0 Å². The molecule has 1 aromatic carbocycles. The predicted octanol–water partition coefficient (Wildman–Crippen LogP) is 3.40. The van der Waals surface area contributed by atoms with Crippen LogP contribution in [0.3, 0.4) is 0 Å². The molecule has 4 heteroatoms. The van der Waals surface area contributed by atoms with Gasteiger partial charge in [-0.3, -0.25) is 0 Å². The van der Waals surface area contributed by atoms with Gasteiger partial charge in [0.15, 0.2) is 0 Å². The maximum absolute atomic E-state index is 6.02. The molecular weight excluding hydrogens is 266 g/mol. The minimum Gasteiger partial charge on any atom is -0.330 e. The van der Waals surface area contributed by atoms with E-state index in [0.717, 1.165) is 24.3 Å². The summed E-state index contributed by atoms with van der Waals surface area (Å²) in [4.78, 5) is 6.19. The van der Waals surface area contributed by atoms with E-state index >= 15 is 0 Å². The predicted molar refractivity (Wildman–Crippen MR) is 85.2 cm³/mol. The van der Waals surface area contributed by atoms with E-state index in [9.17, 15) is 0 Å². The Morgan fingerprint density at radius 3 is 2.80 bits per heavy atom. The third-order valence-electron chi connectivity index (χ3n) is 3.68. The van der Waals surface area contributed by atoms with Gasteiger partial charge in [-0.05, 0) is 36.9 Å². The number of aromatic nitrogens is 2. The first kappa shape index (κ1) is 13.3. The van der Waals surface area contributed by atoms with E-state index in [1.165, 1.54) is 10.4 Å². The van der Waals surface area contributed by atoms with Gasteiger partial charge in [0.25, 0.3) is 0 Å². The molecule has 0 spiro atoms. The lowest BCUT2D eigenvalue weighted by Gasteiger charge is -2.15. The summed E-state index contributed by atoms with van der Waals surface area (Å²) in [5.74, 6) is 1.39. The molecule has 3 nitrogen and oxygen atoms in total. The molecule has 0 aliphatic carbocycles. The van der Waals surface area contributed by atoms with Crippen LogP contribution in [0.1, 0.15) is 23.5 Å². The van der Waals surface area contributed by atoms with Gasteiger partial charge in [-0.15, -0.1) is 11.3 Å². The molecule has 20 heavy (non-hydrogen) atoms. The largest absolute Gasteiger partial charge is 0.330 e. The van der Waals surface area contributed by atoms with Crippen LogP contribution in [0, 0.1) is 0 Å². The highest BCUT2D eigenvalue weighted by atomic mass is 32.1. The van der Waals surface area contributed by atoms with Crippen molar-refractivity contribution in [2.24, 2.45) is 5.73 Å². The molecule has 104 valence electrons. The zero-order valence-electron chi connectivity index (χ0n) is 11.6. The van der Waals surface area contributed by atoms with E-state index in [1.807, 2.05) is 6.07 Å². The summed E-state index contributed by atoms with van der Waals surface area (Å²) in [6.07, 6.45) is 0.970. The molecule has 0 aliphatic heterocycles. The van der Waals surface area contributed by atoms with Crippen molar-refractivity contribution in [3.8, 4) is 0 Å². The first-order chi connectivity index (χ1) is 9.83. The molecule has 0 fully saturated rings. The SMILES string of the molecule is CCn1c(C(CN)Cc2cccs2)nc2ccccc21. The quantitative estimate of drug-likeness (QED) is 0.781. The minimum atomic E-state index is 0.279. The van der Waals surface area contributed by atoms with Gasteiger partial charge in [0, 0.05) is 23.9 Å². The van der Waals surface area contributed by atoms with Gasteiger partial charge < -0.3 is 10.3 Å². The lowest BCUT2D eigenvalue weighted by Crippen LogP contribution is -2.19. The number of nitrogens with two attached hydrogens (primary N) is 1. The van der Waals surface area contributed by atoms with Crippen LogP contribution >= 0.6 is 11.3 Å². The number of aryl methyl sites for hydroxylation is 1. The highest BCUT2D eigenvalue weighted by Crippen LogP contribution is 2.25. The number of para-hydroxylation sites is 2. The molecule has 1 atom stereocenters. The Labute approximate surface area is 123 Å². The maximum Gasteiger partial charge on any atom is 0.114 e. The standard InChI is InChI=1S/C16H19N3S/c1-2-19-15-8-4-3-7-14(15)18-16(19)12(11-17)10-13-6-5-9-20-13/h3-9,12H,2,10-11,17H2,1H3. The summed E-state index contributed by atoms with van der Waals surface area (Å²) in [6.45, 7) is 3.72. The van der Waals surface area contributed by atoms with Crippen molar-refractivity contribution in [3.63, 3.8) is 0 Å². The monoisotopic (exact) mass is 285 g/mol. The van der Waals surface area contributed by atoms with Gasteiger partial charge in [-0.2, -0.15) is 0 Å². The molecule has 0 aliphatic rings. The summed E-state index contributed by atoms with van der Waals surface area (Å²) < 4.78 is 2.29. The van der Waals surface area contributed by atoms with E-state index in [2.05, 4.69) is 47.2 Å². The zero-order valence-corrected chi connectivity index (χ0v) is 12.4. The molecule has 3 aromatic rings. The maximum atomic E-state index is 6.02. The summed E-state index contributed by atoms with van der Waals surface area (Å²) in [6, 6.07) is 12.6. The fourth-order valence-corrected chi connectivity index (χ4v) is 3.48. The van der Waals surface area contributed by atoms with E-state index in [0.29, 0.717) is 6.54 Å². The van der Waals surface area contributed by atoms with Crippen LogP contribution in [0.15, 0.2) is 41.8 Å². The van der Waals surface area contributed by atoms with Crippen LogP contribution in [0.5, 0.6) is 0 Å². The smallest absolute Gasteiger partial charge is 0.114 e. The van der Waals surface area contributed by atoms with Crippen molar-refractivity contribution in [1.82, 2.24) is 9.55 Å². The highest BCUT2D eigenvalue weighted by Gasteiger charge is 2.19. The van der Waals surface area contributed by atoms with Crippen molar-refractivity contribution >= 4 is 22.4 Å². The van der Waals surface area contributed by atoms with Gasteiger partial charge in [0.2, 0.25) is 0 Å². The van der Waals surface area contributed by atoms with Gasteiger partial charge in [0.05, 0.1) is 11.0 Å². The van der Waals surface area contributed by atoms with E-state index in [-0.39, 0.29) is 5.92 Å². The molecule has 0 radical (unpaired) electrons.